The highest BCUT2D eigenvalue weighted by atomic mass is 32.2. The molecule has 7 heteroatoms. The van der Waals surface area contributed by atoms with E-state index < -0.39 is 26.8 Å². The normalized spacial score (nSPS) is 10.4. The summed E-state index contributed by atoms with van der Waals surface area (Å²) in [6.07, 6.45) is 0.979. The van der Waals surface area contributed by atoms with Crippen molar-refractivity contribution in [3.05, 3.63) is 93.5 Å². The summed E-state index contributed by atoms with van der Waals surface area (Å²) in [5.41, 5.74) is 0.910. The second-order valence-electron chi connectivity index (χ2n) is 6.60. The number of aromatic hydroxyl groups is 1. The van der Waals surface area contributed by atoms with Crippen molar-refractivity contribution in [3.8, 4) is 35.2 Å². The van der Waals surface area contributed by atoms with Gasteiger partial charge >= 0.3 is 0 Å². The summed E-state index contributed by atoms with van der Waals surface area (Å²) in [4.78, 5) is 11.8. The van der Waals surface area contributed by atoms with Crippen LogP contribution in [0.2, 0.25) is 0 Å². The first-order valence-corrected chi connectivity index (χ1v) is 11.2. The van der Waals surface area contributed by atoms with Crippen molar-refractivity contribution in [2.75, 3.05) is 6.26 Å². The summed E-state index contributed by atoms with van der Waals surface area (Å²) in [5, 5.41) is 9.72. The van der Waals surface area contributed by atoms with Gasteiger partial charge in [-0.25, -0.2) is 8.42 Å². The maximum absolute atomic E-state index is 11.8. The van der Waals surface area contributed by atoms with E-state index in [0.29, 0.717) is 5.75 Å². The lowest BCUT2D eigenvalue weighted by molar-refractivity contribution is 0.258. The highest BCUT2D eigenvalue weighted by Crippen LogP contribution is 2.19. The first-order chi connectivity index (χ1) is 14.8. The van der Waals surface area contributed by atoms with Gasteiger partial charge in [0.25, 0.3) is 0 Å². The van der Waals surface area contributed by atoms with Gasteiger partial charge in [-0.05, 0) is 48.2 Å². The van der Waals surface area contributed by atoms with E-state index in [1.165, 1.54) is 0 Å². The smallest absolute Gasteiger partial charge is 0.227 e. The Hall–Kier alpha value is -3.94. The third-order valence-corrected chi connectivity index (χ3v) is 4.71. The molecular formula is C24H18O6S. The molecule has 0 unspecified atom stereocenters. The van der Waals surface area contributed by atoms with Crippen LogP contribution < -0.4 is 10.2 Å². The first kappa shape index (κ1) is 21.8. The van der Waals surface area contributed by atoms with Crippen LogP contribution >= 0.6 is 0 Å². The Morgan fingerprint density at radius 2 is 1.58 bits per heavy atom. The van der Waals surface area contributed by atoms with Gasteiger partial charge < -0.3 is 14.3 Å². The van der Waals surface area contributed by atoms with Crippen molar-refractivity contribution in [1.82, 2.24) is 0 Å². The van der Waals surface area contributed by atoms with Crippen molar-refractivity contribution >= 4 is 9.84 Å². The molecule has 1 N–H and O–H groups in total. The van der Waals surface area contributed by atoms with Gasteiger partial charge in [-0.1, -0.05) is 30.0 Å². The molecule has 0 saturated heterocycles. The average molecular weight is 434 g/mol. The highest BCUT2D eigenvalue weighted by Gasteiger charge is 2.16. The molecule has 31 heavy (non-hydrogen) atoms. The monoisotopic (exact) mass is 434 g/mol. The molecule has 0 atom stereocenters. The lowest BCUT2D eigenvalue weighted by Crippen LogP contribution is -2.10. The number of hydrogen-bond acceptors (Lipinski definition) is 6. The number of rotatable bonds is 5. The van der Waals surface area contributed by atoms with E-state index in [1.807, 2.05) is 30.3 Å². The molecule has 2 aromatic carbocycles. The minimum Gasteiger partial charge on any atom is -0.502 e. The Morgan fingerprint density at radius 3 is 2.19 bits per heavy atom. The molecular weight excluding hydrogens is 416 g/mol. The molecule has 0 radical (unpaired) electrons. The van der Waals surface area contributed by atoms with Crippen molar-refractivity contribution in [2.45, 2.75) is 12.4 Å². The molecule has 0 fully saturated rings. The van der Waals surface area contributed by atoms with Crippen LogP contribution in [0.25, 0.3) is 0 Å². The van der Waals surface area contributed by atoms with Gasteiger partial charge in [0.15, 0.2) is 15.6 Å². The van der Waals surface area contributed by atoms with Crippen molar-refractivity contribution in [3.63, 3.8) is 0 Å². The summed E-state index contributed by atoms with van der Waals surface area (Å²) in [5.74, 6) is 10.5. The number of hydrogen-bond donors (Lipinski definition) is 1. The Kier molecular flexibility index (Phi) is 6.81. The van der Waals surface area contributed by atoms with Crippen molar-refractivity contribution in [2.24, 2.45) is 0 Å². The Morgan fingerprint density at radius 1 is 0.968 bits per heavy atom. The zero-order valence-corrected chi connectivity index (χ0v) is 17.4. The summed E-state index contributed by atoms with van der Waals surface area (Å²) < 4.78 is 33.8. The fraction of sp³-hybridized carbons (Fsp3) is 0.125. The third-order valence-electron chi connectivity index (χ3n) is 3.92. The maximum Gasteiger partial charge on any atom is 0.227 e. The summed E-state index contributed by atoms with van der Waals surface area (Å²) in [7, 11) is -3.49. The first-order valence-electron chi connectivity index (χ1n) is 9.13. The molecule has 0 amide bonds. The standard InChI is InChI=1S/C24H18O6S/c1-31(27,28)17-23-24(26)22(25)15-21(30-23)16-29-20-13-11-19(12-14-20)10-6-5-9-18-7-3-2-4-8-18/h2-4,7-8,11-15,26H,16-17H2,1H3. The van der Waals surface area contributed by atoms with Crippen LogP contribution in [0, 0.1) is 23.7 Å². The Labute approximate surface area is 180 Å². The zero-order chi connectivity index (χ0) is 22.3. The average Bonchev–Trinajstić information content (AvgIpc) is 2.74. The van der Waals surface area contributed by atoms with Gasteiger partial charge in [-0.15, -0.1) is 0 Å². The van der Waals surface area contributed by atoms with Crippen molar-refractivity contribution in [1.29, 1.82) is 0 Å². The van der Waals surface area contributed by atoms with E-state index in [2.05, 4.69) is 23.7 Å². The number of benzene rings is 2. The molecule has 1 aromatic heterocycles. The molecule has 3 rings (SSSR count). The van der Waals surface area contributed by atoms with Crippen LogP contribution in [0.15, 0.2) is 69.9 Å². The largest absolute Gasteiger partial charge is 0.502 e. The van der Waals surface area contributed by atoms with E-state index >= 15 is 0 Å². The van der Waals surface area contributed by atoms with E-state index in [1.54, 1.807) is 24.3 Å². The molecule has 0 spiro atoms. The van der Waals surface area contributed by atoms with Crippen molar-refractivity contribution < 1.29 is 22.7 Å². The summed E-state index contributed by atoms with van der Waals surface area (Å²) in [6.45, 7) is -0.111. The maximum atomic E-state index is 11.8. The molecule has 3 aromatic rings. The van der Waals surface area contributed by atoms with Crippen LogP contribution in [0.3, 0.4) is 0 Å². The summed E-state index contributed by atoms with van der Waals surface area (Å²) >= 11 is 0. The minimum atomic E-state index is -3.49. The SMILES string of the molecule is CS(=O)(=O)Cc1oc(COc2ccc(C#CC#Cc3ccccc3)cc2)cc(=O)c1O. The van der Waals surface area contributed by atoms with E-state index in [4.69, 9.17) is 9.15 Å². The molecule has 0 saturated carbocycles. The predicted octanol–water partition coefficient (Wildman–Crippen LogP) is 2.87. The molecule has 0 aliphatic rings. The molecule has 0 aliphatic carbocycles. The second-order valence-corrected chi connectivity index (χ2v) is 8.74. The van der Waals surface area contributed by atoms with Crippen LogP contribution in [-0.4, -0.2) is 19.8 Å². The van der Waals surface area contributed by atoms with Gasteiger partial charge in [-0.2, -0.15) is 0 Å². The molecule has 1 heterocycles. The fourth-order valence-corrected chi connectivity index (χ4v) is 3.18. The quantitative estimate of drug-likeness (QED) is 0.621. The molecule has 6 nitrogen and oxygen atoms in total. The van der Waals surface area contributed by atoms with Crippen LogP contribution in [0.5, 0.6) is 11.5 Å². The van der Waals surface area contributed by atoms with E-state index in [0.717, 1.165) is 23.4 Å². The summed E-state index contributed by atoms with van der Waals surface area (Å²) in [6, 6.07) is 17.5. The highest BCUT2D eigenvalue weighted by molar-refractivity contribution is 7.89. The lowest BCUT2D eigenvalue weighted by atomic mass is 10.2. The minimum absolute atomic E-state index is 0.0986. The topological polar surface area (TPSA) is 93.8 Å². The van der Waals surface area contributed by atoms with Gasteiger partial charge in [0.2, 0.25) is 11.2 Å². The van der Waals surface area contributed by atoms with Crippen LogP contribution in [0.4, 0.5) is 0 Å². The Bertz CT molecular complexity index is 1350. The predicted molar refractivity (Wildman–Crippen MR) is 116 cm³/mol. The van der Waals surface area contributed by atoms with Gasteiger partial charge in [-0.3, -0.25) is 4.79 Å². The molecule has 0 bridgehead atoms. The number of ether oxygens (including phenoxy) is 1. The van der Waals surface area contributed by atoms with Gasteiger partial charge in [0.1, 0.15) is 23.9 Å². The van der Waals surface area contributed by atoms with Crippen LogP contribution in [-0.2, 0) is 22.2 Å². The third kappa shape index (κ3) is 6.81. The van der Waals surface area contributed by atoms with Gasteiger partial charge in [0.05, 0.1) is 0 Å². The van der Waals surface area contributed by atoms with Crippen LogP contribution in [0.1, 0.15) is 22.6 Å². The fourth-order valence-electron chi connectivity index (χ4n) is 2.51. The molecule has 0 aliphatic heterocycles. The van der Waals surface area contributed by atoms with E-state index in [9.17, 15) is 18.3 Å². The Balaban J connectivity index is 1.64. The molecule has 156 valence electrons. The number of sulfone groups is 1. The van der Waals surface area contributed by atoms with Gasteiger partial charge in [0, 0.05) is 23.4 Å². The lowest BCUT2D eigenvalue weighted by Gasteiger charge is -2.08. The zero-order valence-electron chi connectivity index (χ0n) is 16.6. The second kappa shape index (κ2) is 9.71. The van der Waals surface area contributed by atoms with E-state index in [-0.39, 0.29) is 18.1 Å².